The van der Waals surface area contributed by atoms with Gasteiger partial charge in [0.25, 0.3) is 5.91 Å². The summed E-state index contributed by atoms with van der Waals surface area (Å²) in [5, 5.41) is 12.6. The van der Waals surface area contributed by atoms with Crippen LogP contribution in [0.2, 0.25) is 0 Å². The van der Waals surface area contributed by atoms with Crippen LogP contribution in [0.25, 0.3) is 0 Å². The summed E-state index contributed by atoms with van der Waals surface area (Å²) in [6.07, 6.45) is 2.55. The number of carbonyl (C=O) groups is 1. The van der Waals surface area contributed by atoms with Gasteiger partial charge in [-0.3, -0.25) is 4.79 Å². The number of benzene rings is 1. The summed E-state index contributed by atoms with van der Waals surface area (Å²) in [5.41, 5.74) is 0.427. The first kappa shape index (κ1) is 14.3. The van der Waals surface area contributed by atoms with Crippen molar-refractivity contribution in [2.45, 2.75) is 31.8 Å². The van der Waals surface area contributed by atoms with Crippen molar-refractivity contribution in [2.24, 2.45) is 0 Å². The van der Waals surface area contributed by atoms with Gasteiger partial charge >= 0.3 is 0 Å². The van der Waals surface area contributed by atoms with Crippen LogP contribution in [0, 0.1) is 6.92 Å². The van der Waals surface area contributed by atoms with Crippen molar-refractivity contribution in [3.8, 4) is 5.75 Å². The molecule has 0 aromatic heterocycles. The Morgan fingerprint density at radius 2 is 2.26 bits per heavy atom. The third-order valence-corrected chi connectivity index (χ3v) is 3.96. The average Bonchev–Trinajstić information content (AvgIpc) is 2.33. The molecule has 104 valence electrons. The number of carbonyl (C=O) groups excluding carboxylic acids is 1. The molecular formula is C14H18BrNO3. The maximum absolute atomic E-state index is 11.6. The molecule has 1 saturated carbocycles. The van der Waals surface area contributed by atoms with Gasteiger partial charge in [-0.25, -0.2) is 0 Å². The van der Waals surface area contributed by atoms with Crippen molar-refractivity contribution in [1.29, 1.82) is 0 Å². The van der Waals surface area contributed by atoms with Crippen molar-refractivity contribution in [3.05, 3.63) is 28.2 Å². The highest BCUT2D eigenvalue weighted by Crippen LogP contribution is 2.30. The van der Waals surface area contributed by atoms with Gasteiger partial charge in [-0.2, -0.15) is 0 Å². The number of hydrogen-bond acceptors (Lipinski definition) is 3. The number of rotatable bonds is 5. The maximum Gasteiger partial charge on any atom is 0.258 e. The lowest BCUT2D eigenvalue weighted by molar-refractivity contribution is -0.125. The molecule has 0 bridgehead atoms. The second kappa shape index (κ2) is 5.92. The maximum atomic E-state index is 11.6. The Balaban J connectivity index is 1.76. The fourth-order valence-electron chi connectivity index (χ4n) is 1.94. The third kappa shape index (κ3) is 3.94. The van der Waals surface area contributed by atoms with Crippen molar-refractivity contribution >= 4 is 21.8 Å². The van der Waals surface area contributed by atoms with Gasteiger partial charge in [0.1, 0.15) is 5.75 Å². The Morgan fingerprint density at radius 3 is 2.84 bits per heavy atom. The predicted molar refractivity (Wildman–Crippen MR) is 76.2 cm³/mol. The topological polar surface area (TPSA) is 58.6 Å². The summed E-state index contributed by atoms with van der Waals surface area (Å²) in [6.45, 7) is 2.25. The molecule has 0 spiro atoms. The van der Waals surface area contributed by atoms with Crippen molar-refractivity contribution in [3.63, 3.8) is 0 Å². The number of aliphatic hydroxyl groups is 1. The van der Waals surface area contributed by atoms with Gasteiger partial charge in [-0.1, -0.05) is 6.07 Å². The summed E-state index contributed by atoms with van der Waals surface area (Å²) in [5.74, 6) is 0.427. The van der Waals surface area contributed by atoms with Crippen LogP contribution in [-0.2, 0) is 4.79 Å². The van der Waals surface area contributed by atoms with Crippen LogP contribution in [0.15, 0.2) is 22.7 Å². The van der Waals surface area contributed by atoms with Gasteiger partial charge in [-0.15, -0.1) is 0 Å². The second-order valence-electron chi connectivity index (χ2n) is 5.08. The normalized spacial score (nSPS) is 16.6. The van der Waals surface area contributed by atoms with Gasteiger partial charge in [0, 0.05) is 6.54 Å². The van der Waals surface area contributed by atoms with Crippen molar-refractivity contribution in [2.75, 3.05) is 13.2 Å². The van der Waals surface area contributed by atoms with Crippen LogP contribution in [0.3, 0.4) is 0 Å². The Labute approximate surface area is 121 Å². The van der Waals surface area contributed by atoms with E-state index in [2.05, 4.69) is 21.2 Å². The molecule has 19 heavy (non-hydrogen) atoms. The smallest absolute Gasteiger partial charge is 0.258 e. The molecule has 1 fully saturated rings. The fourth-order valence-corrected chi connectivity index (χ4v) is 2.55. The van der Waals surface area contributed by atoms with Crippen molar-refractivity contribution in [1.82, 2.24) is 5.32 Å². The van der Waals surface area contributed by atoms with E-state index in [1.165, 1.54) is 0 Å². The van der Waals surface area contributed by atoms with E-state index in [-0.39, 0.29) is 12.5 Å². The summed E-state index contributed by atoms with van der Waals surface area (Å²) in [7, 11) is 0. The number of halogens is 1. The Bertz CT molecular complexity index is 472. The van der Waals surface area contributed by atoms with E-state index in [0.29, 0.717) is 12.3 Å². The molecule has 0 unspecified atom stereocenters. The van der Waals surface area contributed by atoms with Crippen LogP contribution >= 0.6 is 15.9 Å². The molecule has 4 nitrogen and oxygen atoms in total. The summed E-state index contributed by atoms with van der Waals surface area (Å²) in [4.78, 5) is 11.6. The molecule has 0 radical (unpaired) electrons. The standard InChI is InChI=1S/C14H18BrNO3/c1-10-3-4-12(11(15)7-10)19-8-13(17)16-9-14(18)5-2-6-14/h3-4,7,18H,2,5-6,8-9H2,1H3,(H,16,17). The van der Waals surface area contributed by atoms with E-state index < -0.39 is 5.60 Å². The van der Waals surface area contributed by atoms with Crippen LogP contribution in [0.1, 0.15) is 24.8 Å². The first-order valence-corrected chi connectivity index (χ1v) is 7.16. The van der Waals surface area contributed by atoms with E-state index in [9.17, 15) is 9.90 Å². The second-order valence-corrected chi connectivity index (χ2v) is 5.93. The third-order valence-electron chi connectivity index (χ3n) is 3.35. The van der Waals surface area contributed by atoms with Gasteiger partial charge in [0.05, 0.1) is 10.1 Å². The van der Waals surface area contributed by atoms with Gasteiger partial charge in [0.15, 0.2) is 6.61 Å². The number of hydrogen-bond donors (Lipinski definition) is 2. The number of nitrogens with one attached hydrogen (secondary N) is 1. The Kier molecular flexibility index (Phi) is 4.47. The molecule has 2 N–H and O–H groups in total. The Morgan fingerprint density at radius 1 is 1.53 bits per heavy atom. The zero-order chi connectivity index (χ0) is 13.9. The lowest BCUT2D eigenvalue weighted by Gasteiger charge is -2.36. The summed E-state index contributed by atoms with van der Waals surface area (Å²) >= 11 is 3.39. The zero-order valence-electron chi connectivity index (χ0n) is 10.9. The SMILES string of the molecule is Cc1ccc(OCC(=O)NCC2(O)CCC2)c(Br)c1. The Hall–Kier alpha value is -1.07. The molecule has 1 aliphatic rings. The first-order chi connectivity index (χ1) is 8.98. The van der Waals surface area contributed by atoms with Crippen LogP contribution in [0.5, 0.6) is 5.75 Å². The minimum atomic E-state index is -0.694. The van der Waals surface area contributed by atoms with Crippen molar-refractivity contribution < 1.29 is 14.6 Å². The molecular weight excluding hydrogens is 310 g/mol. The molecule has 0 aliphatic heterocycles. The number of amides is 1. The van der Waals surface area contributed by atoms with Gasteiger partial charge in [0.2, 0.25) is 0 Å². The minimum absolute atomic E-state index is 0.0439. The summed E-state index contributed by atoms with van der Waals surface area (Å²) < 4.78 is 6.26. The fraction of sp³-hybridized carbons (Fsp3) is 0.500. The summed E-state index contributed by atoms with van der Waals surface area (Å²) in [6, 6.07) is 5.69. The molecule has 5 heteroatoms. The van der Waals surface area contributed by atoms with Crippen LogP contribution in [-0.4, -0.2) is 29.8 Å². The first-order valence-electron chi connectivity index (χ1n) is 6.37. The minimum Gasteiger partial charge on any atom is -0.483 e. The zero-order valence-corrected chi connectivity index (χ0v) is 12.5. The lowest BCUT2D eigenvalue weighted by Crippen LogP contribution is -2.48. The van der Waals surface area contributed by atoms with Crippen LogP contribution in [0.4, 0.5) is 0 Å². The molecule has 1 aromatic carbocycles. The lowest BCUT2D eigenvalue weighted by atomic mass is 9.80. The molecule has 0 saturated heterocycles. The van der Waals surface area contributed by atoms with E-state index in [4.69, 9.17) is 4.74 Å². The highest BCUT2D eigenvalue weighted by Gasteiger charge is 2.34. The number of aryl methyl sites for hydroxylation is 1. The van der Waals surface area contributed by atoms with E-state index in [1.807, 2.05) is 25.1 Å². The largest absolute Gasteiger partial charge is 0.483 e. The highest BCUT2D eigenvalue weighted by molar-refractivity contribution is 9.10. The van der Waals surface area contributed by atoms with E-state index >= 15 is 0 Å². The quantitative estimate of drug-likeness (QED) is 0.871. The van der Waals surface area contributed by atoms with E-state index in [1.54, 1.807) is 0 Å². The average molecular weight is 328 g/mol. The van der Waals surface area contributed by atoms with Gasteiger partial charge in [-0.05, 0) is 59.8 Å². The van der Waals surface area contributed by atoms with Crippen LogP contribution < -0.4 is 10.1 Å². The molecule has 1 amide bonds. The molecule has 2 rings (SSSR count). The van der Waals surface area contributed by atoms with E-state index in [0.717, 1.165) is 29.3 Å². The van der Waals surface area contributed by atoms with Gasteiger partial charge < -0.3 is 15.2 Å². The predicted octanol–water partition coefficient (Wildman–Crippen LogP) is 2.17. The monoisotopic (exact) mass is 327 g/mol. The molecule has 0 atom stereocenters. The highest BCUT2D eigenvalue weighted by atomic mass is 79.9. The molecule has 1 aromatic rings. The molecule has 1 aliphatic carbocycles. The molecule has 0 heterocycles. The number of ether oxygens (including phenoxy) is 1.